The Morgan fingerprint density at radius 3 is 2.71 bits per heavy atom. The minimum absolute atomic E-state index is 0.0259. The van der Waals surface area contributed by atoms with Gasteiger partial charge in [-0.25, -0.2) is 0 Å². The summed E-state index contributed by atoms with van der Waals surface area (Å²) >= 11 is 0. The van der Waals surface area contributed by atoms with Crippen LogP contribution in [0.15, 0.2) is 35.4 Å². The zero-order chi connectivity index (χ0) is 10.2. The first-order valence-electron chi connectivity index (χ1n) is 4.13. The lowest BCUT2D eigenvalue weighted by molar-refractivity contribution is -0.109. The van der Waals surface area contributed by atoms with Gasteiger partial charge in [0, 0.05) is 18.2 Å². The van der Waals surface area contributed by atoms with Crippen LogP contribution in [-0.4, -0.2) is 18.4 Å². The summed E-state index contributed by atoms with van der Waals surface area (Å²) in [7, 11) is 0. The third-order valence-electron chi connectivity index (χ3n) is 1.59. The fraction of sp³-hybridized carbons (Fsp3) is 0.100. The summed E-state index contributed by atoms with van der Waals surface area (Å²) in [4.78, 5) is 21.2. The lowest BCUT2D eigenvalue weighted by Gasteiger charge is -1.95. The summed E-state index contributed by atoms with van der Waals surface area (Å²) < 4.78 is 0. The van der Waals surface area contributed by atoms with Crippen molar-refractivity contribution in [3.63, 3.8) is 0 Å². The molecular formula is C10H10N2O2. The molecule has 0 aliphatic heterocycles. The number of carbonyl (C=O) groups is 2. The van der Waals surface area contributed by atoms with Crippen LogP contribution in [0.1, 0.15) is 16.8 Å². The molecule has 0 heterocycles. The molecule has 0 aliphatic carbocycles. The van der Waals surface area contributed by atoms with Gasteiger partial charge in [-0.1, -0.05) is 30.3 Å². The van der Waals surface area contributed by atoms with Crippen molar-refractivity contribution >= 4 is 18.4 Å². The number of nitrogens with zero attached hydrogens (tertiary/aromatic N) is 1. The Labute approximate surface area is 81.6 Å². The third-order valence-corrected chi connectivity index (χ3v) is 1.59. The smallest absolute Gasteiger partial charge is 0.227 e. The largest absolute Gasteiger partial charge is 0.294 e. The fourth-order valence-electron chi connectivity index (χ4n) is 0.954. The summed E-state index contributed by atoms with van der Waals surface area (Å²) in [6, 6.07) is 8.92. The summed E-state index contributed by atoms with van der Waals surface area (Å²) in [6.45, 7) is 0. The van der Waals surface area contributed by atoms with Crippen molar-refractivity contribution in [2.24, 2.45) is 5.10 Å². The minimum Gasteiger partial charge on any atom is -0.294 e. The molecule has 1 aromatic rings. The summed E-state index contributed by atoms with van der Waals surface area (Å²) in [5, 5.41) is 3.49. The van der Waals surface area contributed by atoms with E-state index < -0.39 is 0 Å². The average Bonchev–Trinajstić information content (AvgIpc) is 2.25. The van der Waals surface area contributed by atoms with Crippen LogP contribution in [-0.2, 0) is 4.79 Å². The van der Waals surface area contributed by atoms with Crippen molar-refractivity contribution < 1.29 is 9.59 Å². The molecule has 0 unspecified atom stereocenters. The second-order valence-electron chi connectivity index (χ2n) is 2.55. The Morgan fingerprint density at radius 1 is 1.36 bits per heavy atom. The number of nitrogens with one attached hydrogen (secondary N) is 1. The van der Waals surface area contributed by atoms with E-state index in [9.17, 15) is 9.59 Å². The van der Waals surface area contributed by atoms with Crippen molar-refractivity contribution in [1.82, 2.24) is 5.43 Å². The molecule has 0 saturated heterocycles. The molecule has 0 aliphatic rings. The maximum atomic E-state index is 11.4. The van der Waals surface area contributed by atoms with Gasteiger partial charge in [-0.05, 0) is 0 Å². The highest BCUT2D eigenvalue weighted by Gasteiger charge is 2.01. The number of hydrogen-bond acceptors (Lipinski definition) is 3. The third kappa shape index (κ3) is 3.18. The predicted octanol–water partition coefficient (Wildman–Crippen LogP) is 0.991. The molecule has 1 N–H and O–H groups in total. The average molecular weight is 190 g/mol. The van der Waals surface area contributed by atoms with Crippen LogP contribution >= 0.6 is 0 Å². The lowest BCUT2D eigenvalue weighted by atomic mass is 10.1. The van der Waals surface area contributed by atoms with Crippen LogP contribution in [0.5, 0.6) is 0 Å². The Morgan fingerprint density at radius 2 is 2.07 bits per heavy atom. The van der Waals surface area contributed by atoms with E-state index in [1.807, 2.05) is 6.07 Å². The van der Waals surface area contributed by atoms with E-state index in [-0.39, 0.29) is 12.2 Å². The number of amides is 1. The molecule has 0 fully saturated rings. The molecule has 1 rings (SSSR count). The zero-order valence-corrected chi connectivity index (χ0v) is 7.51. The number of carbonyl (C=O) groups excluding carboxylic acids is 2. The Kier molecular flexibility index (Phi) is 4.07. The van der Waals surface area contributed by atoms with Gasteiger partial charge < -0.3 is 0 Å². The van der Waals surface area contributed by atoms with Crippen LogP contribution in [0.3, 0.4) is 0 Å². The molecular weight excluding hydrogens is 180 g/mol. The Balaban J connectivity index is 2.47. The number of ketones is 1. The predicted molar refractivity (Wildman–Crippen MR) is 53.1 cm³/mol. The number of Topliss-reactive ketones (excluding diaryl/α,β-unsaturated/α-hetero) is 1. The zero-order valence-electron chi connectivity index (χ0n) is 7.51. The van der Waals surface area contributed by atoms with Gasteiger partial charge in [-0.15, -0.1) is 0 Å². The first kappa shape index (κ1) is 10.1. The first-order chi connectivity index (χ1) is 6.84. The van der Waals surface area contributed by atoms with E-state index >= 15 is 0 Å². The van der Waals surface area contributed by atoms with Gasteiger partial charge in [0.1, 0.15) is 0 Å². The summed E-state index contributed by atoms with van der Waals surface area (Å²) in [5.41, 5.74) is 2.74. The van der Waals surface area contributed by atoms with Gasteiger partial charge in [0.25, 0.3) is 0 Å². The highest BCUT2D eigenvalue weighted by atomic mass is 16.1. The summed E-state index contributed by atoms with van der Waals surface area (Å²) in [6.07, 6.45) is 2.00. The van der Waals surface area contributed by atoms with E-state index in [0.29, 0.717) is 12.0 Å². The molecule has 14 heavy (non-hydrogen) atoms. The van der Waals surface area contributed by atoms with Crippen molar-refractivity contribution in [2.75, 3.05) is 0 Å². The maximum absolute atomic E-state index is 11.4. The molecule has 0 aromatic heterocycles. The van der Waals surface area contributed by atoms with Crippen LogP contribution in [0, 0.1) is 0 Å². The van der Waals surface area contributed by atoms with Gasteiger partial charge in [-0.3, -0.25) is 15.0 Å². The van der Waals surface area contributed by atoms with E-state index in [0.717, 1.165) is 0 Å². The monoisotopic (exact) mass is 190 g/mol. The van der Waals surface area contributed by atoms with E-state index in [2.05, 4.69) is 10.5 Å². The Bertz CT molecular complexity index is 333. The molecule has 4 heteroatoms. The van der Waals surface area contributed by atoms with Gasteiger partial charge in [0.15, 0.2) is 5.78 Å². The van der Waals surface area contributed by atoms with Crippen molar-refractivity contribution in [3.8, 4) is 0 Å². The van der Waals surface area contributed by atoms with Gasteiger partial charge in [0.2, 0.25) is 6.41 Å². The van der Waals surface area contributed by atoms with Crippen LogP contribution in [0.2, 0.25) is 0 Å². The van der Waals surface area contributed by atoms with Crippen molar-refractivity contribution in [1.29, 1.82) is 0 Å². The highest BCUT2D eigenvalue weighted by Crippen LogP contribution is 2.01. The van der Waals surface area contributed by atoms with E-state index in [4.69, 9.17) is 0 Å². The molecule has 0 atom stereocenters. The van der Waals surface area contributed by atoms with Crippen molar-refractivity contribution in [2.45, 2.75) is 6.42 Å². The van der Waals surface area contributed by atoms with Crippen LogP contribution in [0.25, 0.3) is 0 Å². The topological polar surface area (TPSA) is 58.5 Å². The molecule has 4 nitrogen and oxygen atoms in total. The maximum Gasteiger partial charge on any atom is 0.227 e. The number of benzene rings is 1. The fourth-order valence-corrected chi connectivity index (χ4v) is 0.954. The summed E-state index contributed by atoms with van der Waals surface area (Å²) in [5.74, 6) is -0.0259. The number of hydrazone groups is 1. The molecule has 0 radical (unpaired) electrons. The standard InChI is InChI=1S/C10H10N2O2/c13-8-12-11-7-6-10(14)9-4-2-1-3-5-9/h1-5,7-8H,6H2,(H,12,13)/b11-7+. The molecule has 0 bridgehead atoms. The quantitative estimate of drug-likeness (QED) is 0.326. The van der Waals surface area contributed by atoms with Crippen LogP contribution in [0.4, 0.5) is 0 Å². The molecule has 1 amide bonds. The minimum atomic E-state index is -0.0259. The molecule has 1 aromatic carbocycles. The molecule has 0 saturated carbocycles. The number of rotatable bonds is 5. The second kappa shape index (κ2) is 5.64. The normalized spacial score (nSPS) is 10.0. The van der Waals surface area contributed by atoms with Crippen LogP contribution < -0.4 is 5.43 Å². The lowest BCUT2D eigenvalue weighted by Crippen LogP contribution is -2.04. The Hall–Kier alpha value is -1.97. The van der Waals surface area contributed by atoms with Gasteiger partial charge in [-0.2, -0.15) is 5.10 Å². The van der Waals surface area contributed by atoms with Crippen molar-refractivity contribution in [3.05, 3.63) is 35.9 Å². The highest BCUT2D eigenvalue weighted by molar-refractivity contribution is 6.03. The molecule has 72 valence electrons. The van der Waals surface area contributed by atoms with Gasteiger partial charge >= 0.3 is 0 Å². The number of hydrogen-bond donors (Lipinski definition) is 1. The molecule has 0 spiro atoms. The second-order valence-corrected chi connectivity index (χ2v) is 2.55. The SMILES string of the molecule is O=CN/N=C/CC(=O)c1ccccc1. The van der Waals surface area contributed by atoms with E-state index in [1.165, 1.54) is 6.21 Å². The first-order valence-corrected chi connectivity index (χ1v) is 4.13. The van der Waals surface area contributed by atoms with Gasteiger partial charge in [0.05, 0.1) is 0 Å². The van der Waals surface area contributed by atoms with E-state index in [1.54, 1.807) is 24.3 Å².